The molecular formula is C22H35BrN4O2. The lowest BCUT2D eigenvalue weighted by Gasteiger charge is -2.24. The Morgan fingerprint density at radius 2 is 2.10 bits per heavy atom. The minimum absolute atomic E-state index is 0.0206. The Bertz CT molecular complexity index is 679. The second-order valence-electron chi connectivity index (χ2n) is 8.80. The number of amides is 1. The fourth-order valence-corrected chi connectivity index (χ4v) is 4.63. The van der Waals surface area contributed by atoms with Crippen LogP contribution in [-0.2, 0) is 11.3 Å². The minimum atomic E-state index is -0.410. The van der Waals surface area contributed by atoms with E-state index in [0.717, 1.165) is 68.6 Å². The van der Waals surface area contributed by atoms with E-state index in [1.807, 2.05) is 0 Å². The SMILES string of the molecule is CC(C)C[C@H](N)C(=O)N[C@H]1CCN(Cc2ccc(OC3CCNCC3)c(Br)c2)C1. The number of ether oxygens (including phenoxy) is 1. The van der Waals surface area contributed by atoms with Crippen LogP contribution in [0.15, 0.2) is 22.7 Å². The van der Waals surface area contributed by atoms with Gasteiger partial charge in [-0.05, 0) is 78.3 Å². The van der Waals surface area contributed by atoms with Gasteiger partial charge in [-0.25, -0.2) is 0 Å². The van der Waals surface area contributed by atoms with E-state index in [9.17, 15) is 4.79 Å². The van der Waals surface area contributed by atoms with E-state index in [1.165, 1.54) is 5.56 Å². The highest BCUT2D eigenvalue weighted by Crippen LogP contribution is 2.29. The summed E-state index contributed by atoms with van der Waals surface area (Å²) in [6, 6.07) is 6.15. The molecule has 1 aromatic carbocycles. The number of carbonyl (C=O) groups excluding carboxylic acids is 1. The Morgan fingerprint density at radius 1 is 1.34 bits per heavy atom. The molecule has 1 amide bonds. The molecule has 0 radical (unpaired) electrons. The van der Waals surface area contributed by atoms with Gasteiger partial charge in [-0.15, -0.1) is 0 Å². The number of carbonyl (C=O) groups is 1. The number of nitrogens with zero attached hydrogens (tertiary/aromatic N) is 1. The number of rotatable bonds is 8. The summed E-state index contributed by atoms with van der Waals surface area (Å²) in [5.74, 6) is 1.33. The van der Waals surface area contributed by atoms with Gasteiger partial charge in [-0.1, -0.05) is 19.9 Å². The predicted molar refractivity (Wildman–Crippen MR) is 120 cm³/mol. The maximum Gasteiger partial charge on any atom is 0.237 e. The van der Waals surface area contributed by atoms with Crippen LogP contribution in [0.5, 0.6) is 5.75 Å². The average molecular weight is 467 g/mol. The fourth-order valence-electron chi connectivity index (χ4n) is 4.11. The third-order valence-corrected chi connectivity index (χ3v) is 6.28. The molecule has 2 saturated heterocycles. The molecule has 6 nitrogen and oxygen atoms in total. The van der Waals surface area contributed by atoms with E-state index >= 15 is 0 Å². The molecule has 0 saturated carbocycles. The highest BCUT2D eigenvalue weighted by molar-refractivity contribution is 9.10. The van der Waals surface area contributed by atoms with Crippen LogP contribution in [0.2, 0.25) is 0 Å². The first-order chi connectivity index (χ1) is 13.9. The van der Waals surface area contributed by atoms with Gasteiger partial charge in [0.05, 0.1) is 10.5 Å². The minimum Gasteiger partial charge on any atom is -0.489 e. The molecule has 162 valence electrons. The summed E-state index contributed by atoms with van der Waals surface area (Å²) in [5, 5.41) is 6.49. The molecule has 0 spiro atoms. The van der Waals surface area contributed by atoms with Gasteiger partial charge < -0.3 is 21.1 Å². The summed E-state index contributed by atoms with van der Waals surface area (Å²) >= 11 is 3.67. The molecule has 1 aromatic rings. The summed E-state index contributed by atoms with van der Waals surface area (Å²) < 4.78 is 7.17. The van der Waals surface area contributed by atoms with Crippen molar-refractivity contribution in [2.75, 3.05) is 26.2 Å². The van der Waals surface area contributed by atoms with Crippen molar-refractivity contribution in [3.63, 3.8) is 0 Å². The maximum atomic E-state index is 12.3. The molecule has 2 aliphatic rings. The summed E-state index contributed by atoms with van der Waals surface area (Å²) in [4.78, 5) is 14.6. The van der Waals surface area contributed by atoms with Crippen LogP contribution in [-0.4, -0.2) is 55.2 Å². The van der Waals surface area contributed by atoms with Gasteiger partial charge in [0.15, 0.2) is 0 Å². The van der Waals surface area contributed by atoms with E-state index in [2.05, 4.69) is 63.5 Å². The van der Waals surface area contributed by atoms with Gasteiger partial charge in [-0.3, -0.25) is 9.69 Å². The lowest BCUT2D eigenvalue weighted by Crippen LogP contribution is -2.46. The zero-order valence-electron chi connectivity index (χ0n) is 17.6. The molecule has 2 fully saturated rings. The number of nitrogens with one attached hydrogen (secondary N) is 2. The van der Waals surface area contributed by atoms with Gasteiger partial charge in [0.2, 0.25) is 5.91 Å². The first-order valence-electron chi connectivity index (χ1n) is 10.8. The number of likely N-dealkylation sites (tertiary alicyclic amines) is 1. The van der Waals surface area contributed by atoms with Crippen molar-refractivity contribution < 1.29 is 9.53 Å². The zero-order valence-corrected chi connectivity index (χ0v) is 19.2. The Labute approximate surface area is 183 Å². The maximum absolute atomic E-state index is 12.3. The van der Waals surface area contributed by atoms with Crippen LogP contribution in [0.1, 0.15) is 45.1 Å². The summed E-state index contributed by atoms with van der Waals surface area (Å²) in [6.07, 6.45) is 4.09. The number of piperidine rings is 1. The van der Waals surface area contributed by atoms with Crippen molar-refractivity contribution in [3.05, 3.63) is 28.2 Å². The predicted octanol–water partition coefficient (Wildman–Crippen LogP) is 2.64. The third-order valence-electron chi connectivity index (χ3n) is 5.66. The first-order valence-corrected chi connectivity index (χ1v) is 11.6. The normalized spacial score (nSPS) is 22.0. The molecule has 2 aliphatic heterocycles. The van der Waals surface area contributed by atoms with Crippen molar-refractivity contribution in [2.45, 2.75) is 64.3 Å². The Kier molecular flexibility index (Phi) is 8.35. The lowest BCUT2D eigenvalue weighted by atomic mass is 10.0. The molecule has 0 unspecified atom stereocenters. The molecule has 0 aliphatic carbocycles. The molecule has 3 rings (SSSR count). The summed E-state index contributed by atoms with van der Waals surface area (Å²) in [6.45, 7) is 8.94. The summed E-state index contributed by atoms with van der Waals surface area (Å²) in [7, 11) is 0. The van der Waals surface area contributed by atoms with Crippen LogP contribution in [0.3, 0.4) is 0 Å². The molecule has 7 heteroatoms. The first kappa shape index (κ1) is 22.5. The standard InChI is InChI=1S/C22H35BrN4O2/c1-15(2)11-20(24)22(28)26-17-7-10-27(14-17)13-16-3-4-21(19(23)12-16)29-18-5-8-25-9-6-18/h3-4,12,15,17-18,20,25H,5-11,13-14,24H2,1-2H3,(H,26,28)/t17-,20-/m0/s1. The molecule has 29 heavy (non-hydrogen) atoms. The average Bonchev–Trinajstić information content (AvgIpc) is 3.11. The zero-order chi connectivity index (χ0) is 20.8. The van der Waals surface area contributed by atoms with Crippen LogP contribution in [0.25, 0.3) is 0 Å². The second kappa shape index (κ2) is 10.8. The van der Waals surface area contributed by atoms with Crippen molar-refractivity contribution >= 4 is 21.8 Å². The molecule has 2 atom stereocenters. The van der Waals surface area contributed by atoms with Gasteiger partial charge in [0, 0.05) is 25.7 Å². The quantitative estimate of drug-likeness (QED) is 0.548. The smallest absolute Gasteiger partial charge is 0.237 e. The van der Waals surface area contributed by atoms with E-state index in [1.54, 1.807) is 0 Å². The van der Waals surface area contributed by atoms with Crippen LogP contribution in [0, 0.1) is 5.92 Å². The molecule has 0 bridgehead atoms. The molecule has 4 N–H and O–H groups in total. The number of halogens is 1. The largest absolute Gasteiger partial charge is 0.489 e. The molecular weight excluding hydrogens is 432 g/mol. The lowest BCUT2D eigenvalue weighted by molar-refractivity contribution is -0.123. The topological polar surface area (TPSA) is 79.6 Å². The number of benzene rings is 1. The van der Waals surface area contributed by atoms with Crippen molar-refractivity contribution in [1.29, 1.82) is 0 Å². The van der Waals surface area contributed by atoms with Crippen molar-refractivity contribution in [1.82, 2.24) is 15.5 Å². The van der Waals surface area contributed by atoms with Crippen LogP contribution in [0.4, 0.5) is 0 Å². The van der Waals surface area contributed by atoms with Gasteiger partial charge in [-0.2, -0.15) is 0 Å². The van der Waals surface area contributed by atoms with Gasteiger partial charge >= 0.3 is 0 Å². The molecule has 0 aromatic heterocycles. The number of nitrogens with two attached hydrogens (primary N) is 1. The highest BCUT2D eigenvalue weighted by atomic mass is 79.9. The van der Waals surface area contributed by atoms with Gasteiger partial charge in [0.1, 0.15) is 11.9 Å². The van der Waals surface area contributed by atoms with E-state index in [4.69, 9.17) is 10.5 Å². The Morgan fingerprint density at radius 3 is 2.79 bits per heavy atom. The van der Waals surface area contributed by atoms with Crippen molar-refractivity contribution in [3.8, 4) is 5.75 Å². The van der Waals surface area contributed by atoms with E-state index in [0.29, 0.717) is 12.0 Å². The number of hydrogen-bond acceptors (Lipinski definition) is 5. The van der Waals surface area contributed by atoms with E-state index < -0.39 is 6.04 Å². The van der Waals surface area contributed by atoms with Crippen LogP contribution >= 0.6 is 15.9 Å². The monoisotopic (exact) mass is 466 g/mol. The van der Waals surface area contributed by atoms with Crippen molar-refractivity contribution in [2.24, 2.45) is 11.7 Å². The highest BCUT2D eigenvalue weighted by Gasteiger charge is 2.26. The second-order valence-corrected chi connectivity index (χ2v) is 9.65. The summed E-state index contributed by atoms with van der Waals surface area (Å²) in [5.41, 5.74) is 7.25. The Hall–Kier alpha value is -1.15. The van der Waals surface area contributed by atoms with Crippen LogP contribution < -0.4 is 21.1 Å². The molecule has 2 heterocycles. The third kappa shape index (κ3) is 6.95. The Balaban J connectivity index is 1.47. The van der Waals surface area contributed by atoms with Gasteiger partial charge in [0.25, 0.3) is 0 Å². The van der Waals surface area contributed by atoms with E-state index in [-0.39, 0.29) is 11.9 Å². The number of hydrogen-bond donors (Lipinski definition) is 3. The fraction of sp³-hybridized carbons (Fsp3) is 0.682.